The van der Waals surface area contributed by atoms with Crippen molar-refractivity contribution in [2.45, 2.75) is 45.3 Å². The number of aliphatic hydroxyl groups is 1. The molecule has 96 valence electrons. The molecule has 1 aromatic heterocycles. The molecule has 17 heavy (non-hydrogen) atoms. The van der Waals surface area contributed by atoms with Gasteiger partial charge in [-0.3, -0.25) is 4.79 Å². The Morgan fingerprint density at radius 2 is 2.12 bits per heavy atom. The molecule has 0 amide bonds. The van der Waals surface area contributed by atoms with E-state index < -0.39 is 0 Å². The van der Waals surface area contributed by atoms with Crippen LogP contribution in [0.5, 0.6) is 0 Å². The first-order valence-corrected chi connectivity index (χ1v) is 6.31. The van der Waals surface area contributed by atoms with E-state index in [1.54, 1.807) is 23.9 Å². The largest absolute Gasteiger partial charge is 0.391 e. The molecule has 0 saturated heterocycles. The summed E-state index contributed by atoms with van der Waals surface area (Å²) in [6, 6.07) is 3.53. The van der Waals surface area contributed by atoms with Crippen LogP contribution in [0.2, 0.25) is 0 Å². The lowest BCUT2D eigenvalue weighted by Gasteiger charge is -2.18. The number of aromatic nitrogens is 1. The molecule has 0 aliphatic heterocycles. The lowest BCUT2D eigenvalue weighted by atomic mass is 10.2. The van der Waals surface area contributed by atoms with E-state index in [1.807, 2.05) is 19.9 Å². The zero-order chi connectivity index (χ0) is 12.8. The van der Waals surface area contributed by atoms with Crippen molar-refractivity contribution >= 4 is 5.69 Å². The minimum absolute atomic E-state index is 0.0500. The molecule has 0 bridgehead atoms. The molecular weight excluding hydrogens is 216 g/mol. The van der Waals surface area contributed by atoms with Gasteiger partial charge in [-0.15, -0.1) is 0 Å². The Bertz CT molecular complexity index is 401. The Morgan fingerprint density at radius 1 is 1.41 bits per heavy atom. The second-order valence-electron chi connectivity index (χ2n) is 3.95. The second-order valence-corrected chi connectivity index (χ2v) is 3.95. The van der Waals surface area contributed by atoms with Crippen molar-refractivity contribution in [1.82, 2.24) is 4.57 Å². The normalized spacial score (nSPS) is 22.8. The fourth-order valence-corrected chi connectivity index (χ4v) is 2.21. The van der Waals surface area contributed by atoms with Gasteiger partial charge >= 0.3 is 0 Å². The third-order valence-corrected chi connectivity index (χ3v) is 3.05. The van der Waals surface area contributed by atoms with Crippen LogP contribution in [0.4, 0.5) is 5.69 Å². The van der Waals surface area contributed by atoms with Crippen molar-refractivity contribution in [3.63, 3.8) is 0 Å². The maximum Gasteiger partial charge on any atom is 0.274 e. The predicted octanol–water partition coefficient (Wildman–Crippen LogP) is 2.00. The molecule has 1 aromatic rings. The molecule has 2 rings (SSSR count). The first-order valence-electron chi connectivity index (χ1n) is 6.31. The van der Waals surface area contributed by atoms with Crippen LogP contribution in [0, 0.1) is 0 Å². The summed E-state index contributed by atoms with van der Waals surface area (Å²) < 4.78 is 1.64. The van der Waals surface area contributed by atoms with E-state index in [4.69, 9.17) is 0 Å². The van der Waals surface area contributed by atoms with E-state index in [1.165, 1.54) is 0 Å². The van der Waals surface area contributed by atoms with Gasteiger partial charge in [-0.25, -0.2) is 0 Å². The molecule has 1 heterocycles. The lowest BCUT2D eigenvalue weighted by Crippen LogP contribution is -2.29. The van der Waals surface area contributed by atoms with Crippen LogP contribution in [0.3, 0.4) is 0 Å². The standard InChI is InChI=1S/C11H16N2O2.C2H6/c1-12-8-4-3-7-13(11(8)15)9-5-2-6-10(9)14;1-2/h3-4,7,9-10,12,14H,2,5-6H2,1H3;1-2H3. The average Bonchev–Trinajstić information content (AvgIpc) is 2.78. The molecule has 1 aliphatic rings. The molecule has 4 nitrogen and oxygen atoms in total. The highest BCUT2D eigenvalue weighted by atomic mass is 16.3. The van der Waals surface area contributed by atoms with Crippen molar-refractivity contribution < 1.29 is 5.11 Å². The Hall–Kier alpha value is -1.29. The fourth-order valence-electron chi connectivity index (χ4n) is 2.21. The summed E-state index contributed by atoms with van der Waals surface area (Å²) in [6.07, 6.45) is 4.04. The quantitative estimate of drug-likeness (QED) is 0.828. The van der Waals surface area contributed by atoms with Crippen molar-refractivity contribution in [3.05, 3.63) is 28.7 Å². The molecule has 1 aliphatic carbocycles. The first-order chi connectivity index (χ1) is 8.24. The summed E-state index contributed by atoms with van der Waals surface area (Å²) >= 11 is 0. The molecule has 2 atom stereocenters. The minimum Gasteiger partial charge on any atom is -0.391 e. The van der Waals surface area contributed by atoms with Gasteiger partial charge in [-0.05, 0) is 31.4 Å². The van der Waals surface area contributed by atoms with E-state index >= 15 is 0 Å². The monoisotopic (exact) mass is 238 g/mol. The van der Waals surface area contributed by atoms with E-state index in [2.05, 4.69) is 5.32 Å². The van der Waals surface area contributed by atoms with Gasteiger partial charge in [0.25, 0.3) is 5.56 Å². The van der Waals surface area contributed by atoms with Crippen LogP contribution >= 0.6 is 0 Å². The summed E-state index contributed by atoms with van der Waals surface area (Å²) in [7, 11) is 1.73. The number of hydrogen-bond acceptors (Lipinski definition) is 3. The predicted molar refractivity (Wildman–Crippen MR) is 70.5 cm³/mol. The Kier molecular flexibility index (Phi) is 5.22. The van der Waals surface area contributed by atoms with Gasteiger partial charge < -0.3 is 15.0 Å². The third-order valence-electron chi connectivity index (χ3n) is 3.05. The van der Waals surface area contributed by atoms with Gasteiger partial charge in [0.05, 0.1) is 12.1 Å². The molecule has 0 aromatic carbocycles. The highest BCUT2D eigenvalue weighted by Gasteiger charge is 2.27. The van der Waals surface area contributed by atoms with E-state index in [0.717, 1.165) is 19.3 Å². The van der Waals surface area contributed by atoms with Gasteiger partial charge in [0.2, 0.25) is 0 Å². The number of anilines is 1. The van der Waals surface area contributed by atoms with Gasteiger partial charge in [0.15, 0.2) is 0 Å². The lowest BCUT2D eigenvalue weighted by molar-refractivity contribution is 0.135. The van der Waals surface area contributed by atoms with Gasteiger partial charge in [0.1, 0.15) is 5.69 Å². The average molecular weight is 238 g/mol. The zero-order valence-corrected chi connectivity index (χ0v) is 10.8. The highest BCUT2D eigenvalue weighted by Crippen LogP contribution is 2.28. The number of nitrogens with zero attached hydrogens (tertiary/aromatic N) is 1. The maximum absolute atomic E-state index is 11.9. The molecule has 0 radical (unpaired) electrons. The molecule has 2 unspecified atom stereocenters. The summed E-state index contributed by atoms with van der Waals surface area (Å²) in [4.78, 5) is 11.9. The minimum atomic E-state index is -0.380. The van der Waals surface area contributed by atoms with Crippen molar-refractivity contribution in [2.75, 3.05) is 12.4 Å². The maximum atomic E-state index is 11.9. The molecular formula is C13H22N2O2. The van der Waals surface area contributed by atoms with E-state index in [-0.39, 0.29) is 17.7 Å². The molecule has 2 N–H and O–H groups in total. The molecule has 1 saturated carbocycles. The van der Waals surface area contributed by atoms with Crippen molar-refractivity contribution in [3.8, 4) is 0 Å². The third kappa shape index (κ3) is 2.88. The number of hydrogen-bond donors (Lipinski definition) is 2. The fraction of sp³-hybridized carbons (Fsp3) is 0.615. The van der Waals surface area contributed by atoms with Crippen LogP contribution in [0.25, 0.3) is 0 Å². The van der Waals surface area contributed by atoms with Gasteiger partial charge in [0, 0.05) is 13.2 Å². The number of rotatable bonds is 2. The van der Waals surface area contributed by atoms with Crippen LogP contribution in [-0.4, -0.2) is 22.8 Å². The Balaban J connectivity index is 0.000000686. The number of aliphatic hydroxyl groups excluding tert-OH is 1. The smallest absolute Gasteiger partial charge is 0.274 e. The number of nitrogens with one attached hydrogen (secondary N) is 1. The van der Waals surface area contributed by atoms with E-state index in [0.29, 0.717) is 5.69 Å². The Labute approximate surface area is 102 Å². The van der Waals surface area contributed by atoms with Crippen LogP contribution < -0.4 is 10.9 Å². The van der Waals surface area contributed by atoms with Gasteiger partial charge in [-0.2, -0.15) is 0 Å². The van der Waals surface area contributed by atoms with Crippen molar-refractivity contribution in [1.29, 1.82) is 0 Å². The molecule has 0 spiro atoms. The molecule has 4 heteroatoms. The summed E-state index contributed by atoms with van der Waals surface area (Å²) in [5.41, 5.74) is 0.530. The number of pyridine rings is 1. The highest BCUT2D eigenvalue weighted by molar-refractivity contribution is 5.39. The molecule has 1 fully saturated rings. The SMILES string of the molecule is CC.CNc1cccn(C2CCCC2O)c1=O. The summed E-state index contributed by atoms with van der Waals surface area (Å²) in [5, 5.41) is 12.6. The van der Waals surface area contributed by atoms with Crippen molar-refractivity contribution in [2.24, 2.45) is 0 Å². The summed E-state index contributed by atoms with van der Waals surface area (Å²) in [5.74, 6) is 0. The zero-order valence-electron chi connectivity index (χ0n) is 10.8. The first kappa shape index (κ1) is 13.8. The van der Waals surface area contributed by atoms with Crippen LogP contribution in [-0.2, 0) is 0 Å². The van der Waals surface area contributed by atoms with E-state index in [9.17, 15) is 9.90 Å². The second kappa shape index (κ2) is 6.45. The van der Waals surface area contributed by atoms with Crippen LogP contribution in [0.1, 0.15) is 39.2 Å². The Morgan fingerprint density at radius 3 is 2.65 bits per heavy atom. The van der Waals surface area contributed by atoms with Gasteiger partial charge in [-0.1, -0.05) is 13.8 Å². The summed E-state index contributed by atoms with van der Waals surface area (Å²) in [6.45, 7) is 4.00. The van der Waals surface area contributed by atoms with Crippen LogP contribution in [0.15, 0.2) is 23.1 Å². The topological polar surface area (TPSA) is 54.3 Å².